The van der Waals surface area contributed by atoms with Crippen molar-refractivity contribution in [3.63, 3.8) is 0 Å². The van der Waals surface area contributed by atoms with Crippen molar-refractivity contribution in [3.05, 3.63) is 50.4 Å². The summed E-state index contributed by atoms with van der Waals surface area (Å²) in [5.41, 5.74) is 0.0422. The molecule has 40 heavy (non-hydrogen) atoms. The molecule has 6 rings (SSSR count). The van der Waals surface area contributed by atoms with Crippen molar-refractivity contribution < 1.29 is 22.7 Å². The molecule has 1 aromatic carbocycles. The zero-order valence-electron chi connectivity index (χ0n) is 21.9. The molecule has 1 spiro atoms. The SMILES string of the molecule is CC1CC2(CCNCC2)c2c1n(CC(=O)Nc1ccc(C(F)(F)F)cc1Cl)c1nc(N3CCOCC3)nn1c2=O. The van der Waals surface area contributed by atoms with Gasteiger partial charge < -0.3 is 24.8 Å². The van der Waals surface area contributed by atoms with E-state index in [1.165, 1.54) is 4.52 Å². The molecular weight excluding hydrogens is 551 g/mol. The van der Waals surface area contributed by atoms with E-state index in [1.807, 2.05) is 11.8 Å². The second-order valence-electron chi connectivity index (χ2n) is 10.8. The van der Waals surface area contributed by atoms with Gasteiger partial charge in [-0.2, -0.15) is 22.7 Å². The number of nitrogens with one attached hydrogen (secondary N) is 2. The molecule has 0 saturated carbocycles. The Kier molecular flexibility index (Phi) is 6.78. The van der Waals surface area contributed by atoms with E-state index in [0.717, 1.165) is 56.2 Å². The van der Waals surface area contributed by atoms with E-state index in [2.05, 4.69) is 15.7 Å². The summed E-state index contributed by atoms with van der Waals surface area (Å²) in [4.78, 5) is 34.0. The van der Waals surface area contributed by atoms with Crippen molar-refractivity contribution in [2.45, 2.75) is 50.2 Å². The van der Waals surface area contributed by atoms with E-state index in [1.54, 1.807) is 4.57 Å². The fourth-order valence-electron chi connectivity index (χ4n) is 6.40. The maximum Gasteiger partial charge on any atom is 0.416 e. The van der Waals surface area contributed by atoms with Gasteiger partial charge in [-0.05, 0) is 56.5 Å². The monoisotopic (exact) mass is 579 g/mol. The van der Waals surface area contributed by atoms with Crippen LogP contribution in [-0.4, -0.2) is 64.5 Å². The molecule has 2 aliphatic heterocycles. The second kappa shape index (κ2) is 10.0. The van der Waals surface area contributed by atoms with Crippen molar-refractivity contribution in [2.75, 3.05) is 49.6 Å². The van der Waals surface area contributed by atoms with E-state index >= 15 is 0 Å². The number of ether oxygens (including phenoxy) is 1. The molecule has 0 bridgehead atoms. The average Bonchev–Trinajstić information content (AvgIpc) is 3.48. The topological polar surface area (TPSA) is 106 Å². The number of carbonyl (C=O) groups excluding carboxylic acids is 1. The van der Waals surface area contributed by atoms with Crippen molar-refractivity contribution in [1.29, 1.82) is 0 Å². The van der Waals surface area contributed by atoms with Gasteiger partial charge in [0.25, 0.3) is 5.56 Å². The molecule has 1 atom stereocenters. The summed E-state index contributed by atoms with van der Waals surface area (Å²) in [5, 5.41) is 10.4. The van der Waals surface area contributed by atoms with Gasteiger partial charge in [-0.15, -0.1) is 5.10 Å². The van der Waals surface area contributed by atoms with Gasteiger partial charge in [0.05, 0.1) is 29.5 Å². The summed E-state index contributed by atoms with van der Waals surface area (Å²) in [7, 11) is 0. The fraction of sp³-hybridized carbons (Fsp3) is 0.538. The molecule has 2 aromatic heterocycles. The van der Waals surface area contributed by atoms with E-state index in [0.29, 0.717) is 37.8 Å². The van der Waals surface area contributed by atoms with Crippen molar-refractivity contribution in [3.8, 4) is 0 Å². The number of nitrogens with zero attached hydrogens (tertiary/aromatic N) is 5. The fourth-order valence-corrected chi connectivity index (χ4v) is 6.62. The lowest BCUT2D eigenvalue weighted by molar-refractivity contribution is -0.137. The van der Waals surface area contributed by atoms with Crippen molar-refractivity contribution >= 4 is 34.9 Å². The molecule has 1 aliphatic carbocycles. The zero-order valence-corrected chi connectivity index (χ0v) is 22.6. The Hall–Kier alpha value is -3.16. The molecule has 10 nitrogen and oxygen atoms in total. The standard InChI is InChI=1S/C26H29ClF3N7O3/c1-15-13-25(4-6-31-7-5-25)20-21(15)36(14-19(38)32-18-3-2-16(12-17(18)27)26(28,29)30)24-33-23(34-37(24)22(20)39)35-8-10-40-11-9-35/h2-3,12,15,31H,4-11,13-14H2,1H3,(H,32,38). The molecule has 1 amide bonds. The Balaban J connectivity index is 1.42. The summed E-state index contributed by atoms with van der Waals surface area (Å²) < 4.78 is 47.7. The summed E-state index contributed by atoms with van der Waals surface area (Å²) in [6.45, 7) is 5.57. The minimum Gasteiger partial charge on any atom is -0.378 e. The van der Waals surface area contributed by atoms with Gasteiger partial charge in [-0.1, -0.05) is 18.5 Å². The third kappa shape index (κ3) is 4.63. The summed E-state index contributed by atoms with van der Waals surface area (Å²) in [5.74, 6) is 0.105. The molecule has 1 unspecified atom stereocenters. The van der Waals surface area contributed by atoms with Gasteiger partial charge in [-0.25, -0.2) is 0 Å². The number of anilines is 2. The summed E-state index contributed by atoms with van der Waals surface area (Å²) in [6, 6.07) is 2.78. The maximum atomic E-state index is 14.0. The molecule has 214 valence electrons. The van der Waals surface area contributed by atoms with Crippen LogP contribution in [-0.2, 0) is 27.7 Å². The molecule has 2 fully saturated rings. The number of alkyl halides is 3. The minimum absolute atomic E-state index is 0.0169. The van der Waals surface area contributed by atoms with E-state index in [-0.39, 0.29) is 39.9 Å². The van der Waals surface area contributed by atoms with Gasteiger partial charge in [0.15, 0.2) is 0 Å². The highest BCUT2D eigenvalue weighted by Crippen LogP contribution is 2.49. The first-order valence-corrected chi connectivity index (χ1v) is 13.7. The number of amides is 1. The first kappa shape index (κ1) is 27.0. The molecule has 3 aromatic rings. The number of halogens is 4. The predicted octanol–water partition coefficient (Wildman–Crippen LogP) is 3.17. The number of benzene rings is 1. The van der Waals surface area contributed by atoms with Crippen LogP contribution in [0.1, 0.15) is 48.9 Å². The third-order valence-corrected chi connectivity index (χ3v) is 8.51. The molecule has 3 aliphatic rings. The lowest BCUT2D eigenvalue weighted by Gasteiger charge is -2.34. The number of morpholine rings is 1. The Bertz CT molecular complexity index is 1520. The minimum atomic E-state index is -4.55. The number of aromatic nitrogens is 4. The highest BCUT2D eigenvalue weighted by atomic mass is 35.5. The normalized spacial score (nSPS) is 20.7. The molecular formula is C26H29ClF3N7O3. The average molecular weight is 580 g/mol. The Morgan fingerprint density at radius 2 is 1.98 bits per heavy atom. The van der Waals surface area contributed by atoms with Crippen LogP contribution in [0, 0.1) is 0 Å². The Morgan fingerprint density at radius 3 is 2.65 bits per heavy atom. The van der Waals surface area contributed by atoms with Crippen LogP contribution in [0.5, 0.6) is 0 Å². The number of hydrogen-bond acceptors (Lipinski definition) is 7. The van der Waals surface area contributed by atoms with Crippen LogP contribution in [0.4, 0.5) is 24.8 Å². The van der Waals surface area contributed by atoms with Crippen molar-refractivity contribution in [1.82, 2.24) is 24.5 Å². The van der Waals surface area contributed by atoms with Gasteiger partial charge >= 0.3 is 6.18 Å². The molecule has 14 heteroatoms. The number of rotatable bonds is 4. The Morgan fingerprint density at radius 1 is 1.25 bits per heavy atom. The lowest BCUT2D eigenvalue weighted by Crippen LogP contribution is -2.42. The number of carbonyl (C=O) groups is 1. The van der Waals surface area contributed by atoms with Crippen molar-refractivity contribution in [2.24, 2.45) is 0 Å². The number of hydrogen-bond donors (Lipinski definition) is 2. The van der Waals surface area contributed by atoms with Gasteiger partial charge in [0.2, 0.25) is 17.6 Å². The summed E-state index contributed by atoms with van der Waals surface area (Å²) >= 11 is 6.09. The third-order valence-electron chi connectivity index (χ3n) is 8.19. The zero-order chi connectivity index (χ0) is 28.2. The molecule has 0 radical (unpaired) electrons. The van der Waals surface area contributed by atoms with Crippen LogP contribution < -0.4 is 21.1 Å². The highest BCUT2D eigenvalue weighted by Gasteiger charge is 2.47. The molecule has 2 saturated heterocycles. The van der Waals surface area contributed by atoms with E-state index < -0.39 is 17.6 Å². The number of piperidine rings is 1. The highest BCUT2D eigenvalue weighted by molar-refractivity contribution is 6.33. The van der Waals surface area contributed by atoms with Crippen LogP contribution in [0.3, 0.4) is 0 Å². The predicted molar refractivity (Wildman–Crippen MR) is 142 cm³/mol. The van der Waals surface area contributed by atoms with Gasteiger partial charge in [0.1, 0.15) is 6.54 Å². The largest absolute Gasteiger partial charge is 0.416 e. The summed E-state index contributed by atoms with van der Waals surface area (Å²) in [6.07, 6.45) is -2.19. The van der Waals surface area contributed by atoms with Gasteiger partial charge in [-0.3, -0.25) is 9.59 Å². The second-order valence-corrected chi connectivity index (χ2v) is 11.2. The lowest BCUT2D eigenvalue weighted by atomic mass is 9.74. The smallest absolute Gasteiger partial charge is 0.378 e. The quantitative estimate of drug-likeness (QED) is 0.489. The first-order valence-electron chi connectivity index (χ1n) is 13.3. The number of fused-ring (bicyclic) bond motifs is 3. The first-order chi connectivity index (χ1) is 19.1. The molecule has 4 heterocycles. The Labute approximate surface area is 232 Å². The van der Waals surface area contributed by atoms with Crippen LogP contribution in [0.15, 0.2) is 23.0 Å². The van der Waals surface area contributed by atoms with Gasteiger partial charge in [0, 0.05) is 29.8 Å². The molecule has 2 N–H and O–H groups in total. The van der Waals surface area contributed by atoms with E-state index in [4.69, 9.17) is 21.3 Å². The van der Waals surface area contributed by atoms with E-state index in [9.17, 15) is 22.8 Å². The van der Waals surface area contributed by atoms with Crippen LogP contribution >= 0.6 is 11.6 Å². The van der Waals surface area contributed by atoms with Crippen LogP contribution in [0.25, 0.3) is 5.78 Å². The van der Waals surface area contributed by atoms with Crippen LogP contribution in [0.2, 0.25) is 5.02 Å². The maximum absolute atomic E-state index is 14.0.